The highest BCUT2D eigenvalue weighted by Gasteiger charge is 2.42. The first kappa shape index (κ1) is 17.0. The summed E-state index contributed by atoms with van der Waals surface area (Å²) in [6, 6.07) is 12.4. The second-order valence-corrected chi connectivity index (χ2v) is 8.81. The zero-order chi connectivity index (χ0) is 16.5. The maximum absolute atomic E-state index is 3.94. The van der Waals surface area contributed by atoms with E-state index in [-0.39, 0.29) is 5.54 Å². The number of nitrogens with one attached hydrogen (secondary N) is 2. The minimum atomic E-state index is 0.213. The highest BCUT2D eigenvalue weighted by molar-refractivity contribution is 5.27. The van der Waals surface area contributed by atoms with E-state index in [2.05, 4.69) is 68.7 Å². The third-order valence-corrected chi connectivity index (χ3v) is 5.73. The molecule has 0 unspecified atom stereocenters. The van der Waals surface area contributed by atoms with Gasteiger partial charge in [-0.15, -0.1) is 0 Å². The van der Waals surface area contributed by atoms with Crippen molar-refractivity contribution < 1.29 is 0 Å². The Hall–Kier alpha value is -0.860. The summed E-state index contributed by atoms with van der Waals surface area (Å²) in [7, 11) is 0. The van der Waals surface area contributed by atoms with Crippen molar-refractivity contribution in [1.29, 1.82) is 0 Å². The minimum Gasteiger partial charge on any atom is -0.311 e. The van der Waals surface area contributed by atoms with E-state index in [1.165, 1.54) is 44.1 Å². The molecule has 0 heterocycles. The smallest absolute Gasteiger partial charge is 0.0184 e. The molecule has 2 fully saturated rings. The van der Waals surface area contributed by atoms with Crippen molar-refractivity contribution in [3.05, 3.63) is 35.9 Å². The Morgan fingerprint density at radius 3 is 2.30 bits per heavy atom. The van der Waals surface area contributed by atoms with Crippen LogP contribution in [-0.2, 0) is 0 Å². The van der Waals surface area contributed by atoms with E-state index < -0.39 is 0 Å². The molecular weight excluding hydrogens is 280 g/mol. The van der Waals surface area contributed by atoms with Crippen LogP contribution in [0.25, 0.3) is 0 Å². The quantitative estimate of drug-likeness (QED) is 0.829. The topological polar surface area (TPSA) is 24.1 Å². The van der Waals surface area contributed by atoms with Crippen LogP contribution in [0.1, 0.15) is 77.7 Å². The lowest BCUT2D eigenvalue weighted by Crippen LogP contribution is -2.56. The largest absolute Gasteiger partial charge is 0.311 e. The molecule has 1 aromatic rings. The summed E-state index contributed by atoms with van der Waals surface area (Å²) < 4.78 is 0. The van der Waals surface area contributed by atoms with Gasteiger partial charge in [0.2, 0.25) is 0 Å². The fraction of sp³-hybridized carbons (Fsp3) is 0.714. The van der Waals surface area contributed by atoms with E-state index in [0.29, 0.717) is 11.6 Å². The predicted molar refractivity (Wildman–Crippen MR) is 98.9 cm³/mol. The number of benzene rings is 1. The first-order valence-electron chi connectivity index (χ1n) is 9.51. The molecule has 0 bridgehead atoms. The van der Waals surface area contributed by atoms with Crippen LogP contribution in [0.3, 0.4) is 0 Å². The van der Waals surface area contributed by atoms with Crippen molar-refractivity contribution >= 4 is 0 Å². The lowest BCUT2D eigenvalue weighted by molar-refractivity contribution is 0.154. The van der Waals surface area contributed by atoms with Gasteiger partial charge in [-0.1, -0.05) is 37.3 Å². The zero-order valence-corrected chi connectivity index (χ0v) is 15.4. The second-order valence-electron chi connectivity index (χ2n) is 8.81. The fourth-order valence-corrected chi connectivity index (χ4v) is 4.45. The third kappa shape index (κ3) is 4.36. The Labute approximate surface area is 142 Å². The van der Waals surface area contributed by atoms with E-state index in [0.717, 1.165) is 12.0 Å². The molecule has 128 valence electrons. The van der Waals surface area contributed by atoms with E-state index in [1.807, 2.05) is 0 Å². The van der Waals surface area contributed by atoms with Crippen LogP contribution in [-0.4, -0.2) is 23.2 Å². The first-order valence-corrected chi connectivity index (χ1v) is 9.51. The summed E-state index contributed by atoms with van der Waals surface area (Å²) in [5.74, 6) is 0.752. The lowest BCUT2D eigenvalue weighted by atomic mass is 9.76. The molecule has 2 nitrogen and oxygen atoms in total. The SMILES string of the molecule is CC[C@]1(NC(C)(C)C)CC[C@@H](N[C@H]2C[C@@H]2c2ccccc2)CC1. The monoisotopic (exact) mass is 314 g/mol. The van der Waals surface area contributed by atoms with Gasteiger partial charge in [0.25, 0.3) is 0 Å². The third-order valence-electron chi connectivity index (χ3n) is 5.73. The highest BCUT2D eigenvalue weighted by atomic mass is 15.1. The van der Waals surface area contributed by atoms with Crippen molar-refractivity contribution in [3.63, 3.8) is 0 Å². The molecule has 0 aliphatic heterocycles. The van der Waals surface area contributed by atoms with Gasteiger partial charge in [-0.3, -0.25) is 0 Å². The molecule has 2 atom stereocenters. The van der Waals surface area contributed by atoms with Gasteiger partial charge in [-0.2, -0.15) is 0 Å². The van der Waals surface area contributed by atoms with Gasteiger partial charge in [0.1, 0.15) is 0 Å². The van der Waals surface area contributed by atoms with E-state index >= 15 is 0 Å². The molecule has 0 amide bonds. The van der Waals surface area contributed by atoms with E-state index in [4.69, 9.17) is 0 Å². The molecule has 3 rings (SSSR count). The van der Waals surface area contributed by atoms with Gasteiger partial charge in [0.15, 0.2) is 0 Å². The van der Waals surface area contributed by atoms with Crippen LogP contribution < -0.4 is 10.6 Å². The van der Waals surface area contributed by atoms with Crippen LogP contribution in [0.5, 0.6) is 0 Å². The summed E-state index contributed by atoms with van der Waals surface area (Å²) in [6.07, 6.45) is 7.80. The van der Waals surface area contributed by atoms with E-state index in [9.17, 15) is 0 Å². The average Bonchev–Trinajstić information content (AvgIpc) is 3.28. The Kier molecular flexibility index (Phi) is 4.85. The molecule has 2 aliphatic rings. The van der Waals surface area contributed by atoms with Crippen LogP contribution in [0, 0.1) is 0 Å². The number of hydrogen-bond acceptors (Lipinski definition) is 2. The Morgan fingerprint density at radius 1 is 1.09 bits per heavy atom. The molecule has 0 aromatic heterocycles. The molecule has 2 saturated carbocycles. The molecule has 0 saturated heterocycles. The van der Waals surface area contributed by atoms with Crippen molar-refractivity contribution in [1.82, 2.24) is 10.6 Å². The standard InChI is InChI=1S/C21H34N2/c1-5-21(23-20(2,3)4)13-11-17(12-14-21)22-19-15-18(19)16-9-7-6-8-10-16/h6-10,17-19,22-23H,5,11-15H2,1-4H3/t17-,18-,19+,21+/m1/s1. The van der Waals surface area contributed by atoms with Crippen LogP contribution in [0.15, 0.2) is 30.3 Å². The normalized spacial score (nSPS) is 34.3. The lowest BCUT2D eigenvalue weighted by Gasteiger charge is -2.45. The maximum Gasteiger partial charge on any atom is 0.0184 e. The summed E-state index contributed by atoms with van der Waals surface area (Å²) >= 11 is 0. The summed E-state index contributed by atoms with van der Waals surface area (Å²) in [5.41, 5.74) is 2.09. The first-order chi connectivity index (χ1) is 10.9. The Morgan fingerprint density at radius 2 is 1.74 bits per heavy atom. The molecule has 2 aliphatic carbocycles. The van der Waals surface area contributed by atoms with Gasteiger partial charge in [0.05, 0.1) is 0 Å². The molecule has 0 spiro atoms. The van der Waals surface area contributed by atoms with Crippen molar-refractivity contribution in [2.45, 2.75) is 95.3 Å². The summed E-state index contributed by atoms with van der Waals surface area (Å²) in [4.78, 5) is 0. The van der Waals surface area contributed by atoms with Gasteiger partial charge in [-0.25, -0.2) is 0 Å². The highest BCUT2D eigenvalue weighted by Crippen LogP contribution is 2.42. The summed E-state index contributed by atoms with van der Waals surface area (Å²) in [5, 5.41) is 7.86. The van der Waals surface area contributed by atoms with E-state index in [1.54, 1.807) is 0 Å². The number of hydrogen-bond donors (Lipinski definition) is 2. The molecule has 23 heavy (non-hydrogen) atoms. The Balaban J connectivity index is 1.48. The minimum absolute atomic E-state index is 0.213. The number of rotatable bonds is 5. The Bertz CT molecular complexity index is 494. The predicted octanol–water partition coefficient (Wildman–Crippen LogP) is 4.61. The molecule has 2 heteroatoms. The van der Waals surface area contributed by atoms with Crippen LogP contribution in [0.4, 0.5) is 0 Å². The molecule has 0 radical (unpaired) electrons. The van der Waals surface area contributed by atoms with Crippen molar-refractivity contribution in [2.24, 2.45) is 0 Å². The summed E-state index contributed by atoms with van der Waals surface area (Å²) in [6.45, 7) is 9.23. The van der Waals surface area contributed by atoms with Crippen molar-refractivity contribution in [2.75, 3.05) is 0 Å². The molecular formula is C21H34N2. The van der Waals surface area contributed by atoms with Gasteiger partial charge in [0, 0.05) is 29.1 Å². The fourth-order valence-electron chi connectivity index (χ4n) is 4.45. The van der Waals surface area contributed by atoms with Gasteiger partial charge in [-0.05, 0) is 64.9 Å². The molecule has 2 N–H and O–H groups in total. The van der Waals surface area contributed by atoms with Crippen LogP contribution >= 0.6 is 0 Å². The van der Waals surface area contributed by atoms with Crippen molar-refractivity contribution in [3.8, 4) is 0 Å². The average molecular weight is 315 g/mol. The second kappa shape index (κ2) is 6.57. The van der Waals surface area contributed by atoms with Crippen LogP contribution in [0.2, 0.25) is 0 Å². The zero-order valence-electron chi connectivity index (χ0n) is 15.4. The van der Waals surface area contributed by atoms with Gasteiger partial charge < -0.3 is 10.6 Å². The van der Waals surface area contributed by atoms with Gasteiger partial charge >= 0.3 is 0 Å². The maximum atomic E-state index is 3.94. The molecule has 1 aromatic carbocycles.